The third-order valence-corrected chi connectivity index (χ3v) is 2.61. The molecule has 6 heteroatoms. The van der Waals surface area contributed by atoms with E-state index in [2.05, 4.69) is 10.1 Å². The van der Waals surface area contributed by atoms with Gasteiger partial charge in [0.25, 0.3) is 5.91 Å². The van der Waals surface area contributed by atoms with Crippen molar-refractivity contribution < 1.29 is 14.3 Å². The van der Waals surface area contributed by atoms with E-state index in [-0.39, 0.29) is 12.8 Å². The fourth-order valence-electron chi connectivity index (χ4n) is 1.54. The van der Waals surface area contributed by atoms with Crippen molar-refractivity contribution in [2.24, 2.45) is 0 Å². The lowest BCUT2D eigenvalue weighted by atomic mass is 10.1. The van der Waals surface area contributed by atoms with Crippen molar-refractivity contribution in [3.8, 4) is 12.1 Å². The van der Waals surface area contributed by atoms with E-state index >= 15 is 0 Å². The highest BCUT2D eigenvalue weighted by molar-refractivity contribution is 5.96. The molecule has 0 heterocycles. The summed E-state index contributed by atoms with van der Waals surface area (Å²) in [7, 11) is 1.22. The smallest absolute Gasteiger partial charge is 0.328 e. The average Bonchev–Trinajstić information content (AvgIpc) is 2.50. The number of nitrogens with one attached hydrogen (secondary N) is 1. The van der Waals surface area contributed by atoms with Gasteiger partial charge in [-0.25, -0.2) is 4.79 Å². The summed E-state index contributed by atoms with van der Waals surface area (Å²) in [6.45, 7) is 0. The highest BCUT2D eigenvalue weighted by atomic mass is 16.5. The third-order valence-electron chi connectivity index (χ3n) is 2.61. The van der Waals surface area contributed by atoms with E-state index in [1.54, 1.807) is 0 Å². The number of methoxy groups -OCH3 is 1. The Balaban J connectivity index is 2.76. The highest BCUT2D eigenvalue weighted by Gasteiger charge is 2.21. The Bertz CT molecular complexity index is 567. The lowest BCUT2D eigenvalue weighted by Gasteiger charge is -2.15. The lowest BCUT2D eigenvalue weighted by molar-refractivity contribution is -0.143. The zero-order valence-corrected chi connectivity index (χ0v) is 10.9. The standard InChI is InChI=1S/C14H13N3O3/c1-20-14(19)12(3-2-8-15)17-13(18)11-6-4-10(9-16)5-7-11/h4-7,12H,2-3H2,1H3,(H,17,18)/t12-/m0/s1. The Morgan fingerprint density at radius 2 is 1.95 bits per heavy atom. The zero-order chi connectivity index (χ0) is 15.0. The number of ether oxygens (including phenoxy) is 1. The number of amides is 1. The van der Waals surface area contributed by atoms with Crippen LogP contribution in [0.25, 0.3) is 0 Å². The van der Waals surface area contributed by atoms with Crippen LogP contribution < -0.4 is 5.32 Å². The van der Waals surface area contributed by atoms with E-state index in [1.165, 1.54) is 31.4 Å². The van der Waals surface area contributed by atoms with Gasteiger partial charge in [-0.05, 0) is 30.7 Å². The maximum absolute atomic E-state index is 12.0. The molecule has 20 heavy (non-hydrogen) atoms. The Hall–Kier alpha value is -2.86. The summed E-state index contributed by atoms with van der Waals surface area (Å²) in [5, 5.41) is 19.7. The summed E-state index contributed by atoms with van der Waals surface area (Å²) in [5.74, 6) is -1.05. The number of carbonyl (C=O) groups excluding carboxylic acids is 2. The molecule has 0 aromatic heterocycles. The number of nitrogens with zero attached hydrogens (tertiary/aromatic N) is 2. The van der Waals surface area contributed by atoms with E-state index in [9.17, 15) is 9.59 Å². The fraction of sp³-hybridized carbons (Fsp3) is 0.286. The molecule has 1 atom stereocenters. The highest BCUT2D eigenvalue weighted by Crippen LogP contribution is 2.06. The van der Waals surface area contributed by atoms with Gasteiger partial charge in [-0.15, -0.1) is 0 Å². The van der Waals surface area contributed by atoms with Crippen molar-refractivity contribution in [2.75, 3.05) is 7.11 Å². The van der Waals surface area contributed by atoms with Crippen LogP contribution in [0.2, 0.25) is 0 Å². The van der Waals surface area contributed by atoms with E-state index in [4.69, 9.17) is 10.5 Å². The number of rotatable bonds is 5. The molecule has 1 aromatic rings. The number of nitriles is 2. The van der Waals surface area contributed by atoms with Crippen LogP contribution in [0, 0.1) is 22.7 Å². The van der Waals surface area contributed by atoms with Crippen molar-refractivity contribution in [1.82, 2.24) is 5.32 Å². The second-order valence-electron chi connectivity index (χ2n) is 3.94. The summed E-state index contributed by atoms with van der Waals surface area (Å²) in [4.78, 5) is 23.4. The first-order chi connectivity index (χ1) is 9.62. The van der Waals surface area contributed by atoms with Gasteiger partial charge in [0.2, 0.25) is 0 Å². The molecule has 0 aliphatic rings. The molecular weight excluding hydrogens is 258 g/mol. The Morgan fingerprint density at radius 3 is 2.45 bits per heavy atom. The minimum atomic E-state index is -0.859. The van der Waals surface area contributed by atoms with Crippen molar-refractivity contribution in [3.63, 3.8) is 0 Å². The maximum atomic E-state index is 12.0. The van der Waals surface area contributed by atoms with Gasteiger partial charge in [0.1, 0.15) is 6.04 Å². The number of esters is 1. The first-order valence-corrected chi connectivity index (χ1v) is 5.88. The average molecular weight is 271 g/mol. The summed E-state index contributed by atoms with van der Waals surface area (Å²) in [6, 6.07) is 9.01. The van der Waals surface area contributed by atoms with E-state index in [0.29, 0.717) is 11.1 Å². The van der Waals surface area contributed by atoms with Gasteiger partial charge in [-0.2, -0.15) is 10.5 Å². The molecule has 102 valence electrons. The van der Waals surface area contributed by atoms with Crippen molar-refractivity contribution in [1.29, 1.82) is 10.5 Å². The van der Waals surface area contributed by atoms with Gasteiger partial charge in [-0.1, -0.05) is 0 Å². The Kier molecular flexibility index (Phi) is 5.74. The molecule has 0 radical (unpaired) electrons. The van der Waals surface area contributed by atoms with E-state index in [1.807, 2.05) is 12.1 Å². The molecule has 1 amide bonds. The van der Waals surface area contributed by atoms with Gasteiger partial charge in [0, 0.05) is 12.0 Å². The van der Waals surface area contributed by atoms with Crippen LogP contribution in [-0.2, 0) is 9.53 Å². The lowest BCUT2D eigenvalue weighted by Crippen LogP contribution is -2.41. The third kappa shape index (κ3) is 4.11. The van der Waals surface area contributed by atoms with Gasteiger partial charge in [-0.3, -0.25) is 4.79 Å². The number of hydrogen-bond acceptors (Lipinski definition) is 5. The summed E-state index contributed by atoms with van der Waals surface area (Å²) in [5.41, 5.74) is 0.769. The molecule has 1 N–H and O–H groups in total. The number of hydrogen-bond donors (Lipinski definition) is 1. The van der Waals surface area contributed by atoms with Gasteiger partial charge in [0.15, 0.2) is 0 Å². The zero-order valence-electron chi connectivity index (χ0n) is 10.9. The minimum absolute atomic E-state index is 0.132. The number of carbonyl (C=O) groups is 2. The summed E-state index contributed by atoms with van der Waals surface area (Å²) < 4.78 is 4.58. The molecule has 0 bridgehead atoms. The van der Waals surface area contributed by atoms with Crippen LogP contribution in [0.4, 0.5) is 0 Å². The van der Waals surface area contributed by atoms with E-state index in [0.717, 1.165) is 0 Å². The maximum Gasteiger partial charge on any atom is 0.328 e. The van der Waals surface area contributed by atoms with Gasteiger partial charge < -0.3 is 10.1 Å². The Morgan fingerprint density at radius 1 is 1.30 bits per heavy atom. The molecule has 0 saturated carbocycles. The molecule has 0 unspecified atom stereocenters. The van der Waals surface area contributed by atoms with Crippen LogP contribution in [0.1, 0.15) is 28.8 Å². The normalized spacial score (nSPS) is 10.8. The molecule has 6 nitrogen and oxygen atoms in total. The van der Waals surface area contributed by atoms with Gasteiger partial charge in [0.05, 0.1) is 24.8 Å². The second kappa shape index (κ2) is 7.55. The first kappa shape index (κ1) is 15.2. The summed E-state index contributed by atoms with van der Waals surface area (Å²) >= 11 is 0. The largest absolute Gasteiger partial charge is 0.467 e. The molecule has 0 fully saturated rings. The van der Waals surface area contributed by atoms with E-state index < -0.39 is 17.9 Å². The predicted molar refractivity (Wildman–Crippen MR) is 69.3 cm³/mol. The molecule has 1 rings (SSSR count). The fourth-order valence-corrected chi connectivity index (χ4v) is 1.54. The first-order valence-electron chi connectivity index (χ1n) is 5.88. The SMILES string of the molecule is COC(=O)[C@H](CCC#N)NC(=O)c1ccc(C#N)cc1. The molecule has 0 saturated heterocycles. The van der Waals surface area contributed by atoms with Crippen molar-refractivity contribution in [3.05, 3.63) is 35.4 Å². The second-order valence-corrected chi connectivity index (χ2v) is 3.94. The monoisotopic (exact) mass is 271 g/mol. The van der Waals surface area contributed by atoms with Crippen molar-refractivity contribution in [2.45, 2.75) is 18.9 Å². The minimum Gasteiger partial charge on any atom is -0.467 e. The molecule has 1 aromatic carbocycles. The molecule has 0 aliphatic carbocycles. The number of benzene rings is 1. The topological polar surface area (TPSA) is 103 Å². The molecule has 0 aliphatic heterocycles. The quantitative estimate of drug-likeness (QED) is 0.808. The Labute approximate surface area is 116 Å². The van der Waals surface area contributed by atoms with Crippen LogP contribution >= 0.6 is 0 Å². The predicted octanol–water partition coefficient (Wildman–Crippen LogP) is 1.13. The van der Waals surface area contributed by atoms with Gasteiger partial charge >= 0.3 is 5.97 Å². The van der Waals surface area contributed by atoms with Crippen LogP contribution in [-0.4, -0.2) is 25.0 Å². The summed E-state index contributed by atoms with van der Waals surface area (Å²) in [6.07, 6.45) is 0.318. The van der Waals surface area contributed by atoms with Crippen LogP contribution in [0.3, 0.4) is 0 Å². The van der Waals surface area contributed by atoms with Crippen LogP contribution in [0.15, 0.2) is 24.3 Å². The molecular formula is C14H13N3O3. The van der Waals surface area contributed by atoms with Crippen LogP contribution in [0.5, 0.6) is 0 Å². The molecule has 0 spiro atoms. The van der Waals surface area contributed by atoms with Crippen molar-refractivity contribution >= 4 is 11.9 Å².